The maximum atomic E-state index is 13.7. The van der Waals surface area contributed by atoms with Crippen molar-refractivity contribution in [3.05, 3.63) is 59.7 Å². The first-order valence-corrected chi connectivity index (χ1v) is 10.6. The van der Waals surface area contributed by atoms with Crippen LogP contribution in [0.2, 0.25) is 0 Å². The van der Waals surface area contributed by atoms with Crippen molar-refractivity contribution in [2.75, 3.05) is 33.3 Å². The van der Waals surface area contributed by atoms with Crippen molar-refractivity contribution < 1.29 is 26.7 Å². The molecule has 1 heterocycles. The van der Waals surface area contributed by atoms with E-state index in [1.54, 1.807) is 17.0 Å². The Labute approximate surface area is 168 Å². The molecule has 0 bridgehead atoms. The molecule has 29 heavy (non-hydrogen) atoms. The van der Waals surface area contributed by atoms with Gasteiger partial charge in [0.1, 0.15) is 17.4 Å². The number of aryl methyl sites for hydroxylation is 1. The molecule has 156 valence electrons. The summed E-state index contributed by atoms with van der Waals surface area (Å²) in [6, 6.07) is 9.29. The lowest BCUT2D eigenvalue weighted by atomic mass is 10.1. The van der Waals surface area contributed by atoms with E-state index in [9.17, 15) is 22.0 Å². The molecule has 0 saturated carbocycles. The summed E-state index contributed by atoms with van der Waals surface area (Å²) in [6.45, 7) is 0.850. The van der Waals surface area contributed by atoms with Crippen LogP contribution in [0.15, 0.2) is 47.4 Å². The summed E-state index contributed by atoms with van der Waals surface area (Å²) in [5.74, 6) is -0.745. The van der Waals surface area contributed by atoms with Gasteiger partial charge in [-0.2, -0.15) is 4.31 Å². The van der Waals surface area contributed by atoms with Crippen molar-refractivity contribution in [1.82, 2.24) is 9.21 Å². The normalized spacial score (nSPS) is 15.3. The summed E-state index contributed by atoms with van der Waals surface area (Å²) in [5, 5.41) is 0. The van der Waals surface area contributed by atoms with Crippen molar-refractivity contribution in [1.29, 1.82) is 0 Å². The first-order chi connectivity index (χ1) is 13.8. The molecule has 2 aromatic rings. The van der Waals surface area contributed by atoms with Crippen molar-refractivity contribution in [2.24, 2.45) is 0 Å². The summed E-state index contributed by atoms with van der Waals surface area (Å²) >= 11 is 0. The van der Waals surface area contributed by atoms with Gasteiger partial charge in [-0.3, -0.25) is 4.79 Å². The number of carbonyl (C=O) groups is 1. The van der Waals surface area contributed by atoms with Crippen LogP contribution in [0.4, 0.5) is 8.78 Å². The second kappa shape index (κ2) is 8.87. The molecule has 0 aromatic heterocycles. The lowest BCUT2D eigenvalue weighted by molar-refractivity contribution is -0.132. The molecule has 9 heteroatoms. The quantitative estimate of drug-likeness (QED) is 0.715. The van der Waals surface area contributed by atoms with Gasteiger partial charge in [-0.15, -0.1) is 0 Å². The molecule has 0 unspecified atom stereocenters. The van der Waals surface area contributed by atoms with Crippen LogP contribution in [-0.4, -0.2) is 56.8 Å². The minimum absolute atomic E-state index is 0.0333. The van der Waals surface area contributed by atoms with E-state index in [-0.39, 0.29) is 55.4 Å². The molecular weight excluding hydrogens is 402 g/mol. The van der Waals surface area contributed by atoms with Gasteiger partial charge in [0.25, 0.3) is 0 Å². The Balaban J connectivity index is 1.56. The van der Waals surface area contributed by atoms with Crippen molar-refractivity contribution in [3.8, 4) is 5.75 Å². The number of benzene rings is 2. The van der Waals surface area contributed by atoms with Gasteiger partial charge in [0.05, 0.1) is 12.0 Å². The molecule has 0 atom stereocenters. The Hall–Kier alpha value is -2.52. The summed E-state index contributed by atoms with van der Waals surface area (Å²) in [4.78, 5) is 14.1. The second-order valence-electron chi connectivity index (χ2n) is 6.70. The molecule has 0 spiro atoms. The third kappa shape index (κ3) is 4.91. The zero-order valence-electron chi connectivity index (χ0n) is 16.0. The van der Waals surface area contributed by atoms with Crippen LogP contribution in [0.5, 0.6) is 5.75 Å². The fourth-order valence-electron chi connectivity index (χ4n) is 3.21. The fourth-order valence-corrected chi connectivity index (χ4v) is 4.63. The molecule has 0 N–H and O–H groups in total. The van der Waals surface area contributed by atoms with E-state index in [2.05, 4.69) is 0 Å². The maximum absolute atomic E-state index is 13.7. The molecule has 3 rings (SSSR count). The van der Waals surface area contributed by atoms with Gasteiger partial charge < -0.3 is 9.64 Å². The molecule has 0 aliphatic carbocycles. The standard InChI is InChI=1S/C20H22F2N2O4S/c1-28-17-4-6-18(7-5-17)29(26,27)24-12-10-23(11-13-24)20(25)9-2-15-14-16(21)3-8-19(15)22/h3-8,14H,2,9-13H2,1H3. The number of carbonyl (C=O) groups excluding carboxylic acids is 1. The zero-order chi connectivity index (χ0) is 21.0. The van der Waals surface area contributed by atoms with Crippen LogP contribution in [0.25, 0.3) is 0 Å². The van der Waals surface area contributed by atoms with Gasteiger partial charge in [0.2, 0.25) is 15.9 Å². The topological polar surface area (TPSA) is 66.9 Å². The lowest BCUT2D eigenvalue weighted by Crippen LogP contribution is -2.50. The van der Waals surface area contributed by atoms with Gasteiger partial charge in [-0.1, -0.05) is 0 Å². The van der Waals surface area contributed by atoms with Gasteiger partial charge in [-0.05, 0) is 54.4 Å². The highest BCUT2D eigenvalue weighted by molar-refractivity contribution is 7.89. The number of sulfonamides is 1. The number of hydrogen-bond donors (Lipinski definition) is 0. The third-order valence-electron chi connectivity index (χ3n) is 4.90. The van der Waals surface area contributed by atoms with Gasteiger partial charge >= 0.3 is 0 Å². The molecular formula is C20H22F2N2O4S. The molecule has 0 radical (unpaired) electrons. The second-order valence-corrected chi connectivity index (χ2v) is 8.63. The first kappa shape index (κ1) is 21.2. The molecule has 1 amide bonds. The number of nitrogens with zero attached hydrogens (tertiary/aromatic N) is 2. The fraction of sp³-hybridized carbons (Fsp3) is 0.350. The first-order valence-electron chi connectivity index (χ1n) is 9.17. The highest BCUT2D eigenvalue weighted by Gasteiger charge is 2.30. The number of amides is 1. The number of piperazine rings is 1. The van der Waals surface area contributed by atoms with Crippen LogP contribution < -0.4 is 4.74 Å². The van der Waals surface area contributed by atoms with Crippen molar-refractivity contribution in [3.63, 3.8) is 0 Å². The van der Waals surface area contributed by atoms with Crippen LogP contribution in [-0.2, 0) is 21.2 Å². The number of methoxy groups -OCH3 is 1. The maximum Gasteiger partial charge on any atom is 0.243 e. The Morgan fingerprint density at radius 2 is 1.69 bits per heavy atom. The van der Waals surface area contributed by atoms with E-state index in [1.165, 1.54) is 23.5 Å². The van der Waals surface area contributed by atoms with E-state index < -0.39 is 21.7 Å². The smallest absolute Gasteiger partial charge is 0.243 e. The van der Waals surface area contributed by atoms with Crippen molar-refractivity contribution in [2.45, 2.75) is 17.7 Å². The number of rotatable bonds is 6. The lowest BCUT2D eigenvalue weighted by Gasteiger charge is -2.34. The SMILES string of the molecule is COc1ccc(S(=O)(=O)N2CCN(C(=O)CCc3cc(F)ccc3F)CC2)cc1. The Bertz CT molecular complexity index is 972. The van der Waals surface area contributed by atoms with E-state index in [4.69, 9.17) is 4.74 Å². The van der Waals surface area contributed by atoms with Gasteiger partial charge in [-0.25, -0.2) is 17.2 Å². The molecule has 1 aliphatic heterocycles. The van der Waals surface area contributed by atoms with E-state index >= 15 is 0 Å². The van der Waals surface area contributed by atoms with Gasteiger partial charge in [0, 0.05) is 32.6 Å². The summed E-state index contributed by atoms with van der Waals surface area (Å²) < 4.78 is 58.8. The predicted molar refractivity (Wildman–Crippen MR) is 103 cm³/mol. The average molecular weight is 424 g/mol. The van der Waals surface area contributed by atoms with Crippen LogP contribution in [0.3, 0.4) is 0 Å². The number of ether oxygens (including phenoxy) is 1. The van der Waals surface area contributed by atoms with E-state index in [0.29, 0.717) is 5.75 Å². The van der Waals surface area contributed by atoms with Crippen LogP contribution in [0, 0.1) is 11.6 Å². The molecule has 1 fully saturated rings. The number of hydrogen-bond acceptors (Lipinski definition) is 4. The van der Waals surface area contributed by atoms with Crippen molar-refractivity contribution >= 4 is 15.9 Å². The molecule has 1 saturated heterocycles. The third-order valence-corrected chi connectivity index (χ3v) is 6.82. The Morgan fingerprint density at radius 3 is 2.31 bits per heavy atom. The zero-order valence-corrected chi connectivity index (χ0v) is 16.8. The molecule has 2 aromatic carbocycles. The minimum atomic E-state index is -3.65. The van der Waals surface area contributed by atoms with E-state index in [1.807, 2.05) is 0 Å². The van der Waals surface area contributed by atoms with Crippen LogP contribution >= 0.6 is 0 Å². The van der Waals surface area contributed by atoms with Gasteiger partial charge in [0.15, 0.2) is 0 Å². The average Bonchev–Trinajstić information content (AvgIpc) is 2.74. The predicted octanol–water partition coefficient (Wildman–Crippen LogP) is 2.44. The van der Waals surface area contributed by atoms with E-state index in [0.717, 1.165) is 18.2 Å². The van der Waals surface area contributed by atoms with Crippen LogP contribution in [0.1, 0.15) is 12.0 Å². The minimum Gasteiger partial charge on any atom is -0.497 e. The summed E-state index contributed by atoms with van der Waals surface area (Å²) in [7, 11) is -2.15. The number of halogens is 2. The molecule has 1 aliphatic rings. The Kier molecular flexibility index (Phi) is 6.49. The highest BCUT2D eigenvalue weighted by Crippen LogP contribution is 2.21. The highest BCUT2D eigenvalue weighted by atomic mass is 32.2. The Morgan fingerprint density at radius 1 is 1.03 bits per heavy atom. The summed E-state index contributed by atoms with van der Waals surface area (Å²) in [6.07, 6.45) is 0.123. The molecule has 6 nitrogen and oxygen atoms in total. The largest absolute Gasteiger partial charge is 0.497 e. The monoisotopic (exact) mass is 424 g/mol. The summed E-state index contributed by atoms with van der Waals surface area (Å²) in [5.41, 5.74) is 0.152.